The van der Waals surface area contributed by atoms with Crippen molar-refractivity contribution in [2.45, 2.75) is 53.4 Å². The van der Waals surface area contributed by atoms with Gasteiger partial charge in [0.2, 0.25) is 5.91 Å². The number of nitrogens with one attached hydrogen (secondary N) is 1. The standard InChI is InChI=1S/C19H27N5O2/c1-12-16(13(2)26-23-12)6-5-9-20-19-17-7-10-24(15(4)25)11-8-18(17)21-14(3)22-19/h5-11H2,1-4H3,(H,20,21,22). The van der Waals surface area contributed by atoms with Crippen molar-refractivity contribution in [1.29, 1.82) is 0 Å². The monoisotopic (exact) mass is 357 g/mol. The second kappa shape index (κ2) is 7.85. The molecule has 0 bridgehead atoms. The first-order valence-corrected chi connectivity index (χ1v) is 9.23. The van der Waals surface area contributed by atoms with Crippen molar-refractivity contribution in [2.75, 3.05) is 25.0 Å². The van der Waals surface area contributed by atoms with Crippen molar-refractivity contribution < 1.29 is 9.32 Å². The molecule has 1 aliphatic heterocycles. The first-order valence-electron chi connectivity index (χ1n) is 9.23. The predicted octanol–water partition coefficient (Wildman–Crippen LogP) is 2.38. The van der Waals surface area contributed by atoms with E-state index in [-0.39, 0.29) is 5.91 Å². The number of anilines is 1. The Balaban J connectivity index is 1.65. The summed E-state index contributed by atoms with van der Waals surface area (Å²) in [5, 5.41) is 7.49. The predicted molar refractivity (Wildman–Crippen MR) is 99.2 cm³/mol. The zero-order valence-corrected chi connectivity index (χ0v) is 16.1. The molecule has 0 saturated carbocycles. The van der Waals surface area contributed by atoms with Crippen LogP contribution in [0.4, 0.5) is 5.82 Å². The van der Waals surface area contributed by atoms with Gasteiger partial charge in [-0.05, 0) is 40.0 Å². The third-order valence-electron chi connectivity index (χ3n) is 4.98. The minimum Gasteiger partial charge on any atom is -0.370 e. The second-order valence-corrected chi connectivity index (χ2v) is 6.88. The molecule has 7 heteroatoms. The van der Waals surface area contributed by atoms with Crippen molar-refractivity contribution in [3.05, 3.63) is 34.1 Å². The molecule has 0 unspecified atom stereocenters. The Morgan fingerprint density at radius 3 is 2.65 bits per heavy atom. The Morgan fingerprint density at radius 2 is 1.96 bits per heavy atom. The van der Waals surface area contributed by atoms with Gasteiger partial charge in [0.25, 0.3) is 0 Å². The average molecular weight is 357 g/mol. The minimum absolute atomic E-state index is 0.122. The lowest BCUT2D eigenvalue weighted by Crippen LogP contribution is -2.31. The molecule has 1 N–H and O–H groups in total. The number of hydrogen-bond donors (Lipinski definition) is 1. The first kappa shape index (κ1) is 18.4. The molecule has 0 fully saturated rings. The van der Waals surface area contributed by atoms with Crippen molar-refractivity contribution >= 4 is 11.7 Å². The largest absolute Gasteiger partial charge is 0.370 e. The van der Waals surface area contributed by atoms with Gasteiger partial charge in [-0.2, -0.15) is 0 Å². The second-order valence-electron chi connectivity index (χ2n) is 6.88. The summed E-state index contributed by atoms with van der Waals surface area (Å²) in [5.74, 6) is 2.71. The van der Waals surface area contributed by atoms with Gasteiger partial charge in [0.15, 0.2) is 0 Å². The third kappa shape index (κ3) is 4.03. The summed E-state index contributed by atoms with van der Waals surface area (Å²) in [6.07, 6.45) is 3.48. The molecule has 26 heavy (non-hydrogen) atoms. The van der Waals surface area contributed by atoms with E-state index in [9.17, 15) is 4.79 Å². The number of aromatic nitrogens is 3. The van der Waals surface area contributed by atoms with Crippen LogP contribution in [0.2, 0.25) is 0 Å². The maximum atomic E-state index is 11.7. The molecule has 3 rings (SSSR count). The van der Waals surface area contributed by atoms with Crippen molar-refractivity contribution in [3.63, 3.8) is 0 Å². The van der Waals surface area contributed by atoms with E-state index in [1.807, 2.05) is 25.7 Å². The van der Waals surface area contributed by atoms with E-state index in [4.69, 9.17) is 4.52 Å². The van der Waals surface area contributed by atoms with Gasteiger partial charge in [-0.15, -0.1) is 0 Å². The van der Waals surface area contributed by atoms with Gasteiger partial charge in [0.05, 0.1) is 11.4 Å². The van der Waals surface area contributed by atoms with Crippen LogP contribution in [0.15, 0.2) is 4.52 Å². The fraction of sp³-hybridized carbons (Fsp3) is 0.579. The van der Waals surface area contributed by atoms with Crippen LogP contribution >= 0.6 is 0 Å². The summed E-state index contributed by atoms with van der Waals surface area (Å²) in [4.78, 5) is 22.8. The zero-order chi connectivity index (χ0) is 18.7. The van der Waals surface area contributed by atoms with Gasteiger partial charge in [-0.1, -0.05) is 5.16 Å². The summed E-state index contributed by atoms with van der Waals surface area (Å²) < 4.78 is 5.22. The summed E-state index contributed by atoms with van der Waals surface area (Å²) in [7, 11) is 0. The summed E-state index contributed by atoms with van der Waals surface area (Å²) in [6.45, 7) is 9.75. The van der Waals surface area contributed by atoms with Crippen LogP contribution in [-0.2, 0) is 24.1 Å². The Hall–Kier alpha value is -2.44. The van der Waals surface area contributed by atoms with E-state index in [1.165, 1.54) is 5.56 Å². The van der Waals surface area contributed by atoms with E-state index in [1.54, 1.807) is 6.92 Å². The maximum Gasteiger partial charge on any atom is 0.219 e. The highest BCUT2D eigenvalue weighted by atomic mass is 16.5. The molecule has 0 spiro atoms. The summed E-state index contributed by atoms with van der Waals surface area (Å²) in [5.41, 5.74) is 4.38. The molecule has 140 valence electrons. The van der Waals surface area contributed by atoms with Crippen molar-refractivity contribution in [1.82, 2.24) is 20.0 Å². The highest BCUT2D eigenvalue weighted by Gasteiger charge is 2.20. The van der Waals surface area contributed by atoms with E-state index in [0.29, 0.717) is 0 Å². The fourth-order valence-electron chi connectivity index (χ4n) is 3.51. The lowest BCUT2D eigenvalue weighted by Gasteiger charge is -2.17. The number of aryl methyl sites for hydroxylation is 3. The van der Waals surface area contributed by atoms with E-state index in [0.717, 1.165) is 79.7 Å². The topological polar surface area (TPSA) is 84.2 Å². The number of rotatable bonds is 5. The molecule has 7 nitrogen and oxygen atoms in total. The number of carbonyl (C=O) groups excluding carboxylic acids is 1. The molecule has 1 amide bonds. The molecular formula is C19H27N5O2. The van der Waals surface area contributed by atoms with Crippen LogP contribution in [0, 0.1) is 20.8 Å². The highest BCUT2D eigenvalue weighted by molar-refractivity contribution is 5.73. The lowest BCUT2D eigenvalue weighted by atomic mass is 10.1. The Kier molecular flexibility index (Phi) is 5.54. The van der Waals surface area contributed by atoms with E-state index >= 15 is 0 Å². The van der Waals surface area contributed by atoms with Gasteiger partial charge >= 0.3 is 0 Å². The van der Waals surface area contributed by atoms with E-state index in [2.05, 4.69) is 20.4 Å². The molecular weight excluding hydrogens is 330 g/mol. The Bertz CT molecular complexity index is 780. The molecule has 3 heterocycles. The Labute approximate surface area is 154 Å². The van der Waals surface area contributed by atoms with Crippen LogP contribution in [0.3, 0.4) is 0 Å². The molecule has 0 aromatic carbocycles. The van der Waals surface area contributed by atoms with Crippen LogP contribution in [-0.4, -0.2) is 45.6 Å². The maximum absolute atomic E-state index is 11.7. The SMILES string of the molecule is CC(=O)N1CCc2nc(C)nc(NCCCc3c(C)noc3C)c2CC1. The third-order valence-corrected chi connectivity index (χ3v) is 4.98. The first-order chi connectivity index (χ1) is 12.5. The normalized spacial score (nSPS) is 14.1. The molecule has 0 radical (unpaired) electrons. The molecule has 0 atom stereocenters. The number of carbonyl (C=O) groups is 1. The van der Waals surface area contributed by atoms with Gasteiger partial charge in [-0.3, -0.25) is 4.79 Å². The van der Waals surface area contributed by atoms with Crippen LogP contribution < -0.4 is 5.32 Å². The number of hydrogen-bond acceptors (Lipinski definition) is 6. The lowest BCUT2D eigenvalue weighted by molar-refractivity contribution is -0.128. The number of amides is 1. The van der Waals surface area contributed by atoms with E-state index < -0.39 is 0 Å². The molecule has 0 saturated heterocycles. The van der Waals surface area contributed by atoms with Gasteiger partial charge in [-0.25, -0.2) is 9.97 Å². The zero-order valence-electron chi connectivity index (χ0n) is 16.1. The molecule has 2 aromatic heterocycles. The quantitative estimate of drug-likeness (QED) is 0.827. The van der Waals surface area contributed by atoms with Crippen LogP contribution in [0.5, 0.6) is 0 Å². The summed E-state index contributed by atoms with van der Waals surface area (Å²) >= 11 is 0. The average Bonchev–Trinajstić information content (AvgIpc) is 2.80. The van der Waals surface area contributed by atoms with Gasteiger partial charge < -0.3 is 14.7 Å². The van der Waals surface area contributed by atoms with Crippen molar-refractivity contribution in [3.8, 4) is 0 Å². The minimum atomic E-state index is 0.122. The number of nitrogens with zero attached hydrogens (tertiary/aromatic N) is 4. The number of fused-ring (bicyclic) bond motifs is 1. The molecule has 1 aliphatic rings. The Morgan fingerprint density at radius 1 is 1.19 bits per heavy atom. The van der Waals surface area contributed by atoms with Gasteiger partial charge in [0.1, 0.15) is 17.4 Å². The van der Waals surface area contributed by atoms with Gasteiger partial charge in [0, 0.05) is 44.1 Å². The van der Waals surface area contributed by atoms with Crippen LogP contribution in [0.25, 0.3) is 0 Å². The van der Waals surface area contributed by atoms with Crippen molar-refractivity contribution in [2.24, 2.45) is 0 Å². The van der Waals surface area contributed by atoms with Crippen LogP contribution in [0.1, 0.15) is 47.4 Å². The molecule has 2 aromatic rings. The molecule has 0 aliphatic carbocycles. The fourth-order valence-corrected chi connectivity index (χ4v) is 3.51. The summed E-state index contributed by atoms with van der Waals surface area (Å²) in [6, 6.07) is 0. The highest BCUT2D eigenvalue weighted by Crippen LogP contribution is 2.22. The smallest absolute Gasteiger partial charge is 0.219 e.